The van der Waals surface area contributed by atoms with Crippen molar-refractivity contribution in [2.45, 2.75) is 20.5 Å². The van der Waals surface area contributed by atoms with Gasteiger partial charge in [-0.15, -0.1) is 0 Å². The number of aromatic nitrogens is 2. The van der Waals surface area contributed by atoms with Gasteiger partial charge < -0.3 is 5.73 Å². The number of hydrogen-bond donors (Lipinski definition) is 1. The average molecular weight is 297 g/mol. The molecule has 1 aromatic heterocycles. The molecule has 0 bridgehead atoms. The van der Waals surface area contributed by atoms with Gasteiger partial charge in [-0.25, -0.2) is 9.37 Å². The number of rotatable bonds is 2. The summed E-state index contributed by atoms with van der Waals surface area (Å²) in [6.45, 7) is 3.04. The van der Waals surface area contributed by atoms with Crippen LogP contribution >= 0.6 is 0 Å². The van der Waals surface area contributed by atoms with Crippen molar-refractivity contribution in [3.8, 4) is 5.69 Å². The molecule has 2 aromatic carbocycles. The fourth-order valence-corrected chi connectivity index (χ4v) is 2.64. The monoisotopic (exact) mass is 297 g/mol. The van der Waals surface area contributed by atoms with Gasteiger partial charge in [0.15, 0.2) is 0 Å². The number of anilines is 1. The summed E-state index contributed by atoms with van der Waals surface area (Å²) in [5.41, 5.74) is 8.98. The van der Waals surface area contributed by atoms with Crippen molar-refractivity contribution in [3.05, 3.63) is 63.7 Å². The molecule has 0 unspecified atom stereocenters. The fourth-order valence-electron chi connectivity index (χ4n) is 2.64. The van der Waals surface area contributed by atoms with Crippen LogP contribution in [0.25, 0.3) is 16.6 Å². The van der Waals surface area contributed by atoms with E-state index >= 15 is 0 Å². The van der Waals surface area contributed by atoms with Gasteiger partial charge in [0.1, 0.15) is 12.5 Å². The number of nitrogens with zero attached hydrogens (tertiary/aromatic N) is 2. The van der Waals surface area contributed by atoms with E-state index in [1.165, 1.54) is 4.57 Å². The largest absolute Gasteiger partial charge is 0.399 e. The third-order valence-corrected chi connectivity index (χ3v) is 3.67. The fraction of sp³-hybridized carbons (Fsp3) is 0.176. The van der Waals surface area contributed by atoms with Crippen LogP contribution in [0.5, 0.6) is 0 Å². The quantitative estimate of drug-likeness (QED) is 0.739. The second kappa shape index (κ2) is 5.26. The molecule has 2 N–H and O–H groups in total. The lowest BCUT2D eigenvalue weighted by Gasteiger charge is -2.14. The van der Waals surface area contributed by atoms with Gasteiger partial charge >= 0.3 is 0 Å². The van der Waals surface area contributed by atoms with Crippen molar-refractivity contribution in [1.82, 2.24) is 9.55 Å². The van der Waals surface area contributed by atoms with E-state index in [2.05, 4.69) is 4.98 Å². The Kier molecular flexibility index (Phi) is 3.41. The predicted molar refractivity (Wildman–Crippen MR) is 86.0 cm³/mol. The van der Waals surface area contributed by atoms with Gasteiger partial charge in [0, 0.05) is 5.69 Å². The molecule has 0 spiro atoms. The average Bonchev–Trinajstić information content (AvgIpc) is 2.49. The van der Waals surface area contributed by atoms with Gasteiger partial charge in [-0.05, 0) is 43.7 Å². The molecular formula is C17H16FN3O. The highest BCUT2D eigenvalue weighted by Gasteiger charge is 2.14. The summed E-state index contributed by atoms with van der Waals surface area (Å²) in [7, 11) is 0. The van der Waals surface area contributed by atoms with Gasteiger partial charge in [0.25, 0.3) is 5.56 Å². The zero-order valence-corrected chi connectivity index (χ0v) is 12.4. The molecule has 1 heterocycles. The van der Waals surface area contributed by atoms with E-state index in [4.69, 9.17) is 5.73 Å². The van der Waals surface area contributed by atoms with E-state index in [9.17, 15) is 9.18 Å². The Balaban J connectivity index is 2.41. The summed E-state index contributed by atoms with van der Waals surface area (Å²) in [5, 5.41) is 0.386. The maximum atomic E-state index is 13.4. The number of fused-ring (bicyclic) bond motifs is 1. The summed E-state index contributed by atoms with van der Waals surface area (Å²) in [6.07, 6.45) is 0. The van der Waals surface area contributed by atoms with Crippen LogP contribution in [0.4, 0.5) is 10.1 Å². The number of benzene rings is 2. The first kappa shape index (κ1) is 14.3. The van der Waals surface area contributed by atoms with Crippen LogP contribution in [0.2, 0.25) is 0 Å². The molecular weight excluding hydrogens is 281 g/mol. The maximum absolute atomic E-state index is 13.4. The zero-order valence-electron chi connectivity index (χ0n) is 12.4. The van der Waals surface area contributed by atoms with E-state index in [0.717, 1.165) is 11.1 Å². The summed E-state index contributed by atoms with van der Waals surface area (Å²) in [5.74, 6) is 0.0919. The minimum atomic E-state index is -0.817. The van der Waals surface area contributed by atoms with E-state index in [1.807, 2.05) is 32.0 Å². The summed E-state index contributed by atoms with van der Waals surface area (Å²) in [4.78, 5) is 17.1. The first-order chi connectivity index (χ1) is 10.5. The first-order valence-electron chi connectivity index (χ1n) is 6.96. The summed E-state index contributed by atoms with van der Waals surface area (Å²) < 4.78 is 14.8. The molecule has 112 valence electrons. The molecule has 3 rings (SSSR count). The lowest BCUT2D eigenvalue weighted by molar-refractivity contribution is 0.457. The van der Waals surface area contributed by atoms with Crippen molar-refractivity contribution in [3.63, 3.8) is 0 Å². The third-order valence-electron chi connectivity index (χ3n) is 3.67. The van der Waals surface area contributed by atoms with Crippen molar-refractivity contribution < 1.29 is 4.39 Å². The Morgan fingerprint density at radius 3 is 2.64 bits per heavy atom. The molecule has 0 saturated heterocycles. The Labute approximate surface area is 127 Å². The molecule has 0 aliphatic carbocycles. The molecule has 3 aromatic rings. The highest BCUT2D eigenvalue weighted by molar-refractivity contribution is 5.81. The number of nitrogen functional groups attached to an aromatic ring is 1. The van der Waals surface area contributed by atoms with Crippen LogP contribution in [-0.2, 0) is 6.67 Å². The smallest absolute Gasteiger partial charge is 0.266 e. The summed E-state index contributed by atoms with van der Waals surface area (Å²) >= 11 is 0. The minimum absolute atomic E-state index is 0.0919. The topological polar surface area (TPSA) is 60.9 Å². The first-order valence-corrected chi connectivity index (χ1v) is 6.96. The Morgan fingerprint density at radius 2 is 1.95 bits per heavy atom. The Bertz CT molecular complexity index is 931. The number of nitrogens with two attached hydrogens (primary N) is 1. The van der Waals surface area contributed by atoms with E-state index in [1.54, 1.807) is 18.2 Å². The Hall–Kier alpha value is -2.69. The molecule has 0 aliphatic heterocycles. The van der Waals surface area contributed by atoms with Crippen molar-refractivity contribution in [2.24, 2.45) is 0 Å². The van der Waals surface area contributed by atoms with Gasteiger partial charge in [-0.1, -0.05) is 17.7 Å². The highest BCUT2D eigenvalue weighted by atomic mass is 19.1. The lowest BCUT2D eigenvalue weighted by atomic mass is 10.1. The zero-order chi connectivity index (χ0) is 15.9. The van der Waals surface area contributed by atoms with Crippen LogP contribution in [0.1, 0.15) is 17.0 Å². The van der Waals surface area contributed by atoms with Gasteiger partial charge in [0.2, 0.25) is 0 Å². The van der Waals surface area contributed by atoms with Gasteiger partial charge in [-0.2, -0.15) is 0 Å². The van der Waals surface area contributed by atoms with Crippen LogP contribution in [0.3, 0.4) is 0 Å². The van der Waals surface area contributed by atoms with Crippen LogP contribution in [-0.4, -0.2) is 9.55 Å². The normalized spacial score (nSPS) is 11.0. The molecule has 0 amide bonds. The van der Waals surface area contributed by atoms with Crippen LogP contribution < -0.4 is 11.3 Å². The number of hydrogen-bond acceptors (Lipinski definition) is 3. The van der Waals surface area contributed by atoms with E-state index in [-0.39, 0.29) is 11.4 Å². The number of aryl methyl sites for hydroxylation is 2. The standard InChI is InChI=1S/C17H16FN3O/c1-10-3-6-15(11(2)7-10)21-16(9-18)20-14-5-4-12(19)8-13(14)17(21)22/h3-8H,9,19H2,1-2H3. The lowest BCUT2D eigenvalue weighted by Crippen LogP contribution is -2.24. The predicted octanol–water partition coefficient (Wildman–Crippen LogP) is 3.05. The minimum Gasteiger partial charge on any atom is -0.399 e. The van der Waals surface area contributed by atoms with Crippen molar-refractivity contribution in [1.29, 1.82) is 0 Å². The molecule has 22 heavy (non-hydrogen) atoms. The van der Waals surface area contributed by atoms with E-state index in [0.29, 0.717) is 22.3 Å². The molecule has 0 saturated carbocycles. The second-order valence-electron chi connectivity index (χ2n) is 5.37. The van der Waals surface area contributed by atoms with Gasteiger partial charge in [0.05, 0.1) is 16.6 Å². The van der Waals surface area contributed by atoms with E-state index < -0.39 is 6.67 Å². The molecule has 0 radical (unpaired) electrons. The van der Waals surface area contributed by atoms with Crippen molar-refractivity contribution >= 4 is 16.6 Å². The molecule has 0 atom stereocenters. The van der Waals surface area contributed by atoms with Crippen LogP contribution in [0.15, 0.2) is 41.2 Å². The number of halogens is 1. The molecule has 4 nitrogen and oxygen atoms in total. The van der Waals surface area contributed by atoms with Crippen molar-refractivity contribution in [2.75, 3.05) is 5.73 Å². The van der Waals surface area contributed by atoms with Gasteiger partial charge in [-0.3, -0.25) is 9.36 Å². The number of alkyl halides is 1. The molecule has 0 aliphatic rings. The van der Waals surface area contributed by atoms with Crippen LogP contribution in [0, 0.1) is 13.8 Å². The molecule has 0 fully saturated rings. The summed E-state index contributed by atoms with van der Waals surface area (Å²) in [6, 6.07) is 10.5. The Morgan fingerprint density at radius 1 is 1.18 bits per heavy atom. The SMILES string of the molecule is Cc1ccc(-n2c(CF)nc3ccc(N)cc3c2=O)c(C)c1. The molecule has 5 heteroatoms. The highest BCUT2D eigenvalue weighted by Crippen LogP contribution is 2.19. The second-order valence-corrected chi connectivity index (χ2v) is 5.37. The third kappa shape index (κ3) is 2.24. The maximum Gasteiger partial charge on any atom is 0.266 e.